The molecule has 99 heavy (non-hydrogen) atoms. The number of carbonyl (C=O) groups is 5. The van der Waals surface area contributed by atoms with Gasteiger partial charge in [-0.1, -0.05) is 36.7 Å². The molecule has 2 aliphatic heterocycles. The number of aldehydes is 1. The lowest BCUT2D eigenvalue weighted by atomic mass is 9.86. The van der Waals surface area contributed by atoms with Crippen molar-refractivity contribution in [1.29, 1.82) is 0 Å². The number of nitrogens with one attached hydrogen (secondary N) is 1. The highest BCUT2D eigenvalue weighted by Crippen LogP contribution is 2.42. The van der Waals surface area contributed by atoms with Crippen molar-refractivity contribution in [1.82, 2.24) is 15.2 Å². The molecule has 0 radical (unpaired) electrons. The Kier molecular flexibility index (Phi) is 38.3. The molecule has 554 valence electrons. The van der Waals surface area contributed by atoms with Gasteiger partial charge < -0.3 is 34.2 Å². The molecule has 5 saturated carbocycles. The first-order valence-electron chi connectivity index (χ1n) is 32.4. The first-order chi connectivity index (χ1) is 46.8. The monoisotopic (exact) mass is 1460 g/mol. The minimum atomic E-state index is -3.03. The number of allylic oxidation sites excluding steroid dienone is 4. The molecule has 1 saturated heterocycles. The molecule has 1 aromatic carbocycles. The molecule has 0 spiro atoms. The summed E-state index contributed by atoms with van der Waals surface area (Å²) in [5.41, 5.74) is 0.713. The molecule has 6 fully saturated rings. The smallest absolute Gasteiger partial charge is 0.373 e. The van der Waals surface area contributed by atoms with Gasteiger partial charge in [-0.25, -0.2) is 66.9 Å². The Morgan fingerprint density at radius 1 is 0.667 bits per heavy atom. The van der Waals surface area contributed by atoms with E-state index in [1.54, 1.807) is 18.5 Å². The van der Waals surface area contributed by atoms with E-state index in [4.69, 9.17) is 31.0 Å². The third-order valence-electron chi connectivity index (χ3n) is 16.4. The summed E-state index contributed by atoms with van der Waals surface area (Å²) in [6.07, 6.45) is 20.9. The SMILES string of the molecule is CC/C=C/C1CCCC(F)(F)C1.CCOC(=O)C1=C(CN2CC(/C=C/OC=O)CC(F)(F)C2)NC(c2nccs2)=N[C@H]1c1ccc(F)cc1Cl.O=C=O.O=CC1CCCC(F)(F)C1.O=CO/C=C/C1CCCC(F)(F)C1.O=CO/C=C/C1CCCC(F)(F)C1.OCC1CCCC(F)(F)C1. The number of hydrogen-bond donors (Lipinski definition) is 2. The summed E-state index contributed by atoms with van der Waals surface area (Å²) in [4.78, 5) is 80.0. The van der Waals surface area contributed by atoms with Crippen molar-refractivity contribution in [3.63, 3.8) is 0 Å². The van der Waals surface area contributed by atoms with Gasteiger partial charge in [0.15, 0.2) is 10.8 Å². The molecule has 9 rings (SSSR count). The Bertz CT molecular complexity index is 2960. The highest BCUT2D eigenvalue weighted by atomic mass is 35.5. The molecule has 7 atom stereocenters. The minimum absolute atomic E-state index is 0.00347. The second-order valence-corrected chi connectivity index (χ2v) is 26.0. The van der Waals surface area contributed by atoms with Gasteiger partial charge in [0.25, 0.3) is 25.3 Å². The number of nitrogens with zero attached hydrogens (tertiary/aromatic N) is 3. The highest BCUT2D eigenvalue weighted by Gasteiger charge is 2.43. The average Bonchev–Trinajstić information content (AvgIpc) is 1.46. The molecule has 3 heterocycles. The van der Waals surface area contributed by atoms with E-state index in [2.05, 4.69) is 29.5 Å². The second-order valence-electron chi connectivity index (χ2n) is 24.7. The van der Waals surface area contributed by atoms with E-state index in [0.717, 1.165) is 44.4 Å². The Morgan fingerprint density at radius 2 is 1.12 bits per heavy atom. The lowest BCUT2D eigenvalue weighted by molar-refractivity contribution is -0.192. The van der Waals surface area contributed by atoms with Crippen molar-refractivity contribution in [2.45, 2.75) is 197 Å². The third-order valence-corrected chi connectivity index (χ3v) is 17.5. The summed E-state index contributed by atoms with van der Waals surface area (Å²) in [6, 6.07) is 2.74. The fraction of sp³-hybridized carbons (Fsp3) is 0.618. The molecule has 0 bridgehead atoms. The number of alkyl halides is 12. The van der Waals surface area contributed by atoms with E-state index in [9.17, 15) is 81.0 Å². The fourth-order valence-electron chi connectivity index (χ4n) is 12.1. The second kappa shape index (κ2) is 43.8. The van der Waals surface area contributed by atoms with Crippen molar-refractivity contribution in [3.8, 4) is 0 Å². The van der Waals surface area contributed by atoms with Crippen molar-refractivity contribution >= 4 is 66.6 Å². The first kappa shape index (κ1) is 86.5. The van der Waals surface area contributed by atoms with Crippen LogP contribution in [0.3, 0.4) is 0 Å². The van der Waals surface area contributed by atoms with Crippen LogP contribution in [0.25, 0.3) is 0 Å². The number of likely N-dealkylation sites (tertiary alicyclic amines) is 1. The third kappa shape index (κ3) is 34.5. The summed E-state index contributed by atoms with van der Waals surface area (Å²) >= 11 is 7.66. The van der Waals surface area contributed by atoms with Gasteiger partial charge in [0, 0.05) is 124 Å². The topological polar surface area (TPSA) is 217 Å². The van der Waals surface area contributed by atoms with E-state index in [1.807, 2.05) is 19.1 Å². The number of aliphatic hydroxyl groups is 1. The number of aromatic nitrogens is 1. The number of esters is 1. The molecule has 5 aliphatic carbocycles. The van der Waals surface area contributed by atoms with Crippen LogP contribution >= 0.6 is 22.9 Å². The number of amidine groups is 1. The minimum Gasteiger partial charge on any atom is -0.463 e. The van der Waals surface area contributed by atoms with Crippen LogP contribution in [0.5, 0.6) is 0 Å². The molecule has 7 aliphatic rings. The van der Waals surface area contributed by atoms with Gasteiger partial charge in [0.05, 0.1) is 37.5 Å². The lowest BCUT2D eigenvalue weighted by Crippen LogP contribution is -2.49. The van der Waals surface area contributed by atoms with Crippen molar-refractivity contribution < 1.29 is 115 Å². The maximum absolute atomic E-state index is 14.7. The number of aliphatic hydroxyl groups excluding tert-OH is 1. The summed E-state index contributed by atoms with van der Waals surface area (Å²) in [6.45, 7) is 3.97. The molecule has 31 heteroatoms. The number of hydrogen-bond acceptors (Lipinski definition) is 17. The molecule has 6 unspecified atom stereocenters. The van der Waals surface area contributed by atoms with Gasteiger partial charge in [-0.05, 0) is 138 Å². The van der Waals surface area contributed by atoms with E-state index >= 15 is 0 Å². The summed E-state index contributed by atoms with van der Waals surface area (Å²) in [5, 5.41) is 14.0. The van der Waals surface area contributed by atoms with E-state index in [1.165, 1.54) is 59.1 Å². The lowest BCUT2D eigenvalue weighted by Gasteiger charge is -2.38. The summed E-state index contributed by atoms with van der Waals surface area (Å²) in [7, 11) is 0. The number of ether oxygens (including phenoxy) is 4. The average molecular weight is 1470 g/mol. The molecule has 16 nitrogen and oxygen atoms in total. The fourth-order valence-corrected chi connectivity index (χ4v) is 12.9. The Labute approximate surface area is 575 Å². The van der Waals surface area contributed by atoms with Crippen LogP contribution in [0.15, 0.2) is 95.2 Å². The van der Waals surface area contributed by atoms with E-state index < -0.39 is 78.2 Å². The highest BCUT2D eigenvalue weighted by molar-refractivity contribution is 7.11. The van der Waals surface area contributed by atoms with Crippen LogP contribution in [-0.2, 0) is 52.5 Å². The molecule has 1 aromatic heterocycles. The number of aliphatic imine (C=N–C) groups is 1. The number of rotatable bonds is 19. The Balaban J connectivity index is 0.000000343. The van der Waals surface area contributed by atoms with Crippen molar-refractivity contribution in [2.24, 2.45) is 40.5 Å². The zero-order valence-electron chi connectivity index (χ0n) is 54.9. The van der Waals surface area contributed by atoms with E-state index in [-0.39, 0.29) is 150 Å². The molecular formula is C68H86ClF13N4O12S. The number of benzene rings is 1. The zero-order chi connectivity index (χ0) is 73.7. The van der Waals surface area contributed by atoms with Crippen LogP contribution in [-0.4, -0.2) is 127 Å². The van der Waals surface area contributed by atoms with Gasteiger partial charge in [-0.15, -0.1) is 11.3 Å². The maximum Gasteiger partial charge on any atom is 0.373 e. The van der Waals surface area contributed by atoms with Crippen LogP contribution in [0.4, 0.5) is 57.1 Å². The predicted octanol–water partition coefficient (Wildman–Crippen LogP) is 16.5. The van der Waals surface area contributed by atoms with Gasteiger partial charge in [-0.3, -0.25) is 24.3 Å². The van der Waals surface area contributed by atoms with Crippen LogP contribution in [0.1, 0.15) is 172 Å². The zero-order valence-corrected chi connectivity index (χ0v) is 56.5. The molecule has 2 aromatic rings. The van der Waals surface area contributed by atoms with Gasteiger partial charge in [0.1, 0.15) is 18.1 Å². The normalized spacial score (nSPS) is 25.6. The Morgan fingerprint density at radius 3 is 1.53 bits per heavy atom. The first-order valence-corrected chi connectivity index (χ1v) is 33.7. The summed E-state index contributed by atoms with van der Waals surface area (Å²) < 4.78 is 189. The van der Waals surface area contributed by atoms with Crippen molar-refractivity contribution in [3.05, 3.63) is 112 Å². The predicted molar refractivity (Wildman–Crippen MR) is 340 cm³/mol. The maximum atomic E-state index is 14.7. The number of halogens is 14. The standard InChI is InChI=1S/C25H24ClF3N4O4S.C10H16F2.2C9H12F2O2.C7H12F2O.C7H10F2O.CO2/c1-2-37-24(35)20-19(12-33-11-15(5-7-36-14-34)10-25(28,29)13-33)31-22(23-30-6-8-38-23)32-21(20)17-4-3-16(27)9-18(17)26;1-2-3-5-9-6-4-7-10(11,12)8-9;2*10-9(11)4-1-2-8(6-9)3-5-13-7-12;2*8-7(9)3-1-2-6(4-7)5-10;2-1-3/h3-9,14-15,21H,2,10-13H2,1H3,(H,31,32);3,5,9H,2,4,6-8H2,1H3;2*3,5,7-8H,1-2,4,6H2;6,10H,1-5H2;5-6H,1-4H2;/b7-5+;3*5-3+;;;/t15?,21-;;;;;;/m0....../s1. The number of piperidine rings is 1. The molecular weight excluding hydrogens is 1380 g/mol. The van der Waals surface area contributed by atoms with Crippen LogP contribution in [0, 0.1) is 41.3 Å². The van der Waals surface area contributed by atoms with Gasteiger partial charge >= 0.3 is 12.1 Å². The van der Waals surface area contributed by atoms with Crippen molar-refractivity contribution in [2.75, 3.05) is 32.8 Å². The summed E-state index contributed by atoms with van der Waals surface area (Å²) in [5.74, 6) is -17.9. The number of thiazole rings is 1. The van der Waals surface area contributed by atoms with Gasteiger partial charge in [-0.2, -0.15) is 9.59 Å². The van der Waals surface area contributed by atoms with Crippen LogP contribution in [0.2, 0.25) is 5.02 Å². The largest absolute Gasteiger partial charge is 0.463 e. The van der Waals surface area contributed by atoms with E-state index in [0.29, 0.717) is 66.9 Å². The molecule has 2 N–H and O–H groups in total. The molecule has 0 amide bonds. The number of carbonyl (C=O) groups excluding carboxylic acids is 7. The Hall–Kier alpha value is -6.75. The van der Waals surface area contributed by atoms with Gasteiger partial charge in [0.2, 0.25) is 29.6 Å². The van der Waals surface area contributed by atoms with Crippen LogP contribution < -0.4 is 5.32 Å². The quantitative estimate of drug-likeness (QED) is 0.0334.